The molecule has 0 aliphatic carbocycles. The van der Waals surface area contributed by atoms with Crippen LogP contribution in [0.4, 0.5) is 5.69 Å². The van der Waals surface area contributed by atoms with Crippen LogP contribution in [0.1, 0.15) is 24.1 Å². The topological polar surface area (TPSA) is 117 Å². The second-order valence-electron chi connectivity index (χ2n) is 8.10. The Morgan fingerprint density at radius 1 is 1.00 bits per heavy atom. The largest absolute Gasteiger partial charge is 0.484 e. The summed E-state index contributed by atoms with van der Waals surface area (Å²) in [6.45, 7) is 1.32. The quantitative estimate of drug-likeness (QED) is 0.284. The zero-order valence-corrected chi connectivity index (χ0v) is 21.9. The van der Waals surface area contributed by atoms with Gasteiger partial charge in [0.25, 0.3) is 11.8 Å². The number of benzene rings is 3. The highest BCUT2D eigenvalue weighted by Crippen LogP contribution is 2.20. The molecule has 3 rings (SSSR count). The number of amides is 2. The molecule has 0 aliphatic heterocycles. The van der Waals surface area contributed by atoms with Gasteiger partial charge in [0.1, 0.15) is 12.3 Å². The first-order chi connectivity index (χ1) is 17.6. The van der Waals surface area contributed by atoms with E-state index in [1.54, 1.807) is 24.3 Å². The molecule has 3 aromatic rings. The third-order valence-corrected chi connectivity index (χ3v) is 6.52. The summed E-state index contributed by atoms with van der Waals surface area (Å²) in [4.78, 5) is 24.5. The van der Waals surface area contributed by atoms with E-state index in [4.69, 9.17) is 16.3 Å². The van der Waals surface area contributed by atoms with Gasteiger partial charge in [-0.2, -0.15) is 5.10 Å². The number of carbonyl (C=O) groups is 2. The van der Waals surface area contributed by atoms with Gasteiger partial charge < -0.3 is 10.1 Å². The first-order valence-corrected chi connectivity index (χ1v) is 13.5. The summed E-state index contributed by atoms with van der Waals surface area (Å²) in [5, 5.41) is 7.20. The van der Waals surface area contributed by atoms with Crippen molar-refractivity contribution < 1.29 is 22.7 Å². The van der Waals surface area contributed by atoms with Gasteiger partial charge in [0.15, 0.2) is 6.61 Å². The Morgan fingerprint density at radius 2 is 1.65 bits per heavy atom. The molecule has 2 N–H and O–H groups in total. The van der Waals surface area contributed by atoms with Crippen LogP contribution in [0.3, 0.4) is 0 Å². The Kier molecular flexibility index (Phi) is 9.64. The molecule has 0 aromatic heterocycles. The average Bonchev–Trinajstić information content (AvgIpc) is 2.87. The number of hydrogen-bond acceptors (Lipinski definition) is 6. The second kappa shape index (κ2) is 12.9. The molecule has 194 valence electrons. The van der Waals surface area contributed by atoms with Crippen molar-refractivity contribution >= 4 is 45.3 Å². The van der Waals surface area contributed by atoms with Gasteiger partial charge in [0, 0.05) is 5.02 Å². The molecule has 0 unspecified atom stereocenters. The van der Waals surface area contributed by atoms with Crippen LogP contribution in [0, 0.1) is 0 Å². The Balaban J connectivity index is 1.47. The van der Waals surface area contributed by atoms with Crippen LogP contribution >= 0.6 is 11.6 Å². The first kappa shape index (κ1) is 27.7. The van der Waals surface area contributed by atoms with Gasteiger partial charge in [0.05, 0.1) is 24.2 Å². The van der Waals surface area contributed by atoms with Crippen molar-refractivity contribution in [2.24, 2.45) is 5.10 Å². The van der Waals surface area contributed by atoms with E-state index < -0.39 is 22.5 Å². The molecule has 0 fully saturated rings. The number of nitrogens with zero attached hydrogens (tertiary/aromatic N) is 2. The SMILES string of the molecule is C[C@@H](NC(=O)COc1ccc(/C=N\NC(=O)CN(c2ccc(Cl)cc2)S(C)(=O)=O)cc1)c1ccccc1. The summed E-state index contributed by atoms with van der Waals surface area (Å²) in [5.74, 6) is -0.366. The molecule has 0 bridgehead atoms. The van der Waals surface area contributed by atoms with Crippen molar-refractivity contribution in [3.05, 3.63) is 95.0 Å². The number of sulfonamides is 1. The van der Waals surface area contributed by atoms with E-state index in [0.29, 0.717) is 22.0 Å². The van der Waals surface area contributed by atoms with Crippen molar-refractivity contribution in [1.82, 2.24) is 10.7 Å². The lowest BCUT2D eigenvalue weighted by atomic mass is 10.1. The van der Waals surface area contributed by atoms with Crippen LogP contribution in [0.15, 0.2) is 84.0 Å². The van der Waals surface area contributed by atoms with Crippen molar-refractivity contribution in [3.63, 3.8) is 0 Å². The molecule has 0 aliphatic rings. The monoisotopic (exact) mass is 542 g/mol. The Hall–Kier alpha value is -3.89. The van der Waals surface area contributed by atoms with Crippen LogP contribution in [0.25, 0.3) is 0 Å². The summed E-state index contributed by atoms with van der Waals surface area (Å²) < 4.78 is 30.7. The van der Waals surface area contributed by atoms with Crippen LogP contribution < -0.4 is 19.8 Å². The molecule has 9 nitrogen and oxygen atoms in total. The van der Waals surface area contributed by atoms with Crippen molar-refractivity contribution in [1.29, 1.82) is 0 Å². The van der Waals surface area contributed by atoms with Gasteiger partial charge in [-0.25, -0.2) is 13.8 Å². The Bertz CT molecular complexity index is 1330. The maximum Gasteiger partial charge on any atom is 0.260 e. The van der Waals surface area contributed by atoms with E-state index in [-0.39, 0.29) is 18.6 Å². The molecule has 1 atom stereocenters. The van der Waals surface area contributed by atoms with Gasteiger partial charge >= 0.3 is 0 Å². The average molecular weight is 543 g/mol. The van der Waals surface area contributed by atoms with Gasteiger partial charge in [-0.1, -0.05) is 41.9 Å². The van der Waals surface area contributed by atoms with Crippen LogP contribution in [0.2, 0.25) is 5.02 Å². The van der Waals surface area contributed by atoms with E-state index in [1.807, 2.05) is 37.3 Å². The molecule has 0 spiro atoms. The zero-order chi connectivity index (χ0) is 26.8. The third-order valence-electron chi connectivity index (χ3n) is 5.13. The molecule has 0 radical (unpaired) electrons. The van der Waals surface area contributed by atoms with E-state index >= 15 is 0 Å². The fraction of sp³-hybridized carbons (Fsp3) is 0.192. The zero-order valence-electron chi connectivity index (χ0n) is 20.3. The highest BCUT2D eigenvalue weighted by atomic mass is 35.5. The summed E-state index contributed by atoms with van der Waals surface area (Å²) in [7, 11) is -3.71. The normalized spacial score (nSPS) is 12.1. The van der Waals surface area contributed by atoms with Gasteiger partial charge in [-0.3, -0.25) is 13.9 Å². The summed E-state index contributed by atoms with van der Waals surface area (Å²) in [6.07, 6.45) is 2.41. The summed E-state index contributed by atoms with van der Waals surface area (Å²) in [5.41, 5.74) is 4.29. The standard InChI is InChI=1S/C26H27ClN4O5S/c1-19(21-6-4-3-5-7-21)29-26(33)18-36-24-14-8-20(9-15-24)16-28-30-25(32)17-31(37(2,34)35)23-12-10-22(27)11-13-23/h3-16,19H,17-18H2,1-2H3,(H,29,33)(H,30,32)/b28-16-/t19-/m1/s1. The smallest absolute Gasteiger partial charge is 0.260 e. The molecule has 37 heavy (non-hydrogen) atoms. The maximum absolute atomic E-state index is 12.3. The Labute approximate surface area is 221 Å². The Morgan fingerprint density at radius 3 is 2.27 bits per heavy atom. The molecule has 0 saturated heterocycles. The van der Waals surface area contributed by atoms with E-state index in [2.05, 4.69) is 15.8 Å². The predicted octanol–water partition coefficient (Wildman–Crippen LogP) is 3.51. The molecule has 3 aromatic carbocycles. The molecule has 0 heterocycles. The van der Waals surface area contributed by atoms with Crippen LogP contribution in [-0.4, -0.2) is 45.9 Å². The van der Waals surface area contributed by atoms with Gasteiger partial charge in [-0.15, -0.1) is 0 Å². The number of carbonyl (C=O) groups excluding carboxylic acids is 2. The number of halogens is 1. The van der Waals surface area contributed by atoms with Crippen molar-refractivity contribution in [2.75, 3.05) is 23.7 Å². The predicted molar refractivity (Wildman–Crippen MR) is 144 cm³/mol. The number of hydrazone groups is 1. The summed E-state index contributed by atoms with van der Waals surface area (Å²) >= 11 is 5.85. The minimum atomic E-state index is -3.71. The highest BCUT2D eigenvalue weighted by Gasteiger charge is 2.20. The minimum Gasteiger partial charge on any atom is -0.484 e. The van der Waals surface area contributed by atoms with Crippen molar-refractivity contribution in [3.8, 4) is 5.75 Å². The first-order valence-electron chi connectivity index (χ1n) is 11.2. The number of ether oxygens (including phenoxy) is 1. The number of nitrogens with one attached hydrogen (secondary N) is 2. The van der Waals surface area contributed by atoms with Crippen LogP contribution in [-0.2, 0) is 19.6 Å². The van der Waals surface area contributed by atoms with E-state index in [9.17, 15) is 18.0 Å². The minimum absolute atomic E-state index is 0.134. The molecular weight excluding hydrogens is 516 g/mol. The number of anilines is 1. The highest BCUT2D eigenvalue weighted by molar-refractivity contribution is 7.92. The lowest BCUT2D eigenvalue weighted by Crippen LogP contribution is -2.38. The fourth-order valence-corrected chi connectivity index (χ4v) is 4.24. The maximum atomic E-state index is 12.3. The second-order valence-corrected chi connectivity index (χ2v) is 10.4. The fourth-order valence-electron chi connectivity index (χ4n) is 3.26. The van der Waals surface area contributed by atoms with Crippen LogP contribution in [0.5, 0.6) is 5.75 Å². The number of hydrogen-bond donors (Lipinski definition) is 2. The van der Waals surface area contributed by atoms with E-state index in [0.717, 1.165) is 16.1 Å². The van der Waals surface area contributed by atoms with E-state index in [1.165, 1.54) is 30.5 Å². The molecule has 11 heteroatoms. The number of rotatable bonds is 11. The molecule has 0 saturated carbocycles. The lowest BCUT2D eigenvalue weighted by molar-refractivity contribution is -0.123. The lowest BCUT2D eigenvalue weighted by Gasteiger charge is -2.21. The molecular formula is C26H27ClN4O5S. The van der Waals surface area contributed by atoms with Gasteiger partial charge in [-0.05, 0) is 66.6 Å². The van der Waals surface area contributed by atoms with Crippen molar-refractivity contribution in [2.45, 2.75) is 13.0 Å². The van der Waals surface area contributed by atoms with Gasteiger partial charge in [0.2, 0.25) is 10.0 Å². The summed E-state index contributed by atoms with van der Waals surface area (Å²) in [6, 6.07) is 22.3. The third kappa shape index (κ3) is 8.93. The molecule has 2 amide bonds.